The lowest BCUT2D eigenvalue weighted by atomic mass is 10.2. The third-order valence-corrected chi connectivity index (χ3v) is 1.46. The van der Waals surface area contributed by atoms with Gasteiger partial charge in [-0.05, 0) is 12.1 Å². The van der Waals surface area contributed by atoms with Crippen molar-refractivity contribution in [3.05, 3.63) is 35.9 Å². The Bertz CT molecular complexity index is 269. The van der Waals surface area contributed by atoms with Crippen LogP contribution in [-0.4, -0.2) is 43.3 Å². The Morgan fingerprint density at radius 3 is 2.31 bits per heavy atom. The monoisotopic (exact) mass is 228 g/mol. The Balaban J connectivity index is 0.000000293. The third-order valence-electron chi connectivity index (χ3n) is 1.46. The number of carboxylic acids is 1. The SMILES string of the molecule is COCOCCO.O=C(O)c1ccccc1. The van der Waals surface area contributed by atoms with Gasteiger partial charge in [0.1, 0.15) is 6.79 Å². The zero-order valence-electron chi connectivity index (χ0n) is 9.13. The highest BCUT2D eigenvalue weighted by molar-refractivity contribution is 5.87. The van der Waals surface area contributed by atoms with E-state index >= 15 is 0 Å². The van der Waals surface area contributed by atoms with E-state index < -0.39 is 5.97 Å². The number of aliphatic hydroxyl groups excluding tert-OH is 1. The van der Waals surface area contributed by atoms with Gasteiger partial charge in [0.25, 0.3) is 0 Å². The summed E-state index contributed by atoms with van der Waals surface area (Å²) >= 11 is 0. The maximum absolute atomic E-state index is 10.2. The summed E-state index contributed by atoms with van der Waals surface area (Å²) in [6, 6.07) is 8.30. The quantitative estimate of drug-likeness (QED) is 0.580. The molecule has 0 fully saturated rings. The van der Waals surface area contributed by atoms with Gasteiger partial charge in [-0.15, -0.1) is 0 Å². The number of methoxy groups -OCH3 is 1. The van der Waals surface area contributed by atoms with Crippen LogP contribution in [0.25, 0.3) is 0 Å². The second kappa shape index (κ2) is 10.1. The summed E-state index contributed by atoms with van der Waals surface area (Å²) < 4.78 is 9.17. The van der Waals surface area contributed by atoms with Gasteiger partial charge in [-0.2, -0.15) is 0 Å². The molecule has 0 saturated heterocycles. The summed E-state index contributed by atoms with van der Waals surface area (Å²) in [5.74, 6) is -0.879. The minimum Gasteiger partial charge on any atom is -0.478 e. The number of benzene rings is 1. The average Bonchev–Trinajstić information content (AvgIpc) is 2.32. The van der Waals surface area contributed by atoms with Crippen LogP contribution in [0.2, 0.25) is 0 Å². The molecular weight excluding hydrogens is 212 g/mol. The minimum absolute atomic E-state index is 0.0589. The van der Waals surface area contributed by atoms with Crippen molar-refractivity contribution in [1.29, 1.82) is 0 Å². The van der Waals surface area contributed by atoms with Crippen LogP contribution in [0.1, 0.15) is 10.4 Å². The topological polar surface area (TPSA) is 76.0 Å². The number of carbonyl (C=O) groups is 1. The van der Waals surface area contributed by atoms with E-state index in [2.05, 4.69) is 9.47 Å². The molecule has 90 valence electrons. The zero-order chi connectivity index (χ0) is 12.2. The van der Waals surface area contributed by atoms with Gasteiger partial charge in [-0.3, -0.25) is 0 Å². The molecule has 16 heavy (non-hydrogen) atoms. The summed E-state index contributed by atoms with van der Waals surface area (Å²) in [6.07, 6.45) is 0. The van der Waals surface area contributed by atoms with Gasteiger partial charge < -0.3 is 19.7 Å². The molecular formula is C11H16O5. The molecule has 0 heterocycles. The number of ether oxygens (including phenoxy) is 2. The van der Waals surface area contributed by atoms with Crippen molar-refractivity contribution in [2.75, 3.05) is 27.1 Å². The lowest BCUT2D eigenvalue weighted by Gasteiger charge is -1.96. The first-order chi connectivity index (χ1) is 7.72. The Morgan fingerprint density at radius 2 is 1.94 bits per heavy atom. The minimum atomic E-state index is -0.879. The van der Waals surface area contributed by atoms with Gasteiger partial charge in [0.15, 0.2) is 0 Å². The standard InChI is InChI=1S/C7H6O2.C4H10O3/c8-7(9)6-4-2-1-3-5-6;1-6-4-7-3-2-5/h1-5H,(H,8,9);5H,2-4H2,1H3. The van der Waals surface area contributed by atoms with Gasteiger partial charge in [0, 0.05) is 7.11 Å². The van der Waals surface area contributed by atoms with Gasteiger partial charge in [-0.25, -0.2) is 4.79 Å². The van der Waals surface area contributed by atoms with Crippen molar-refractivity contribution in [3.8, 4) is 0 Å². The van der Waals surface area contributed by atoms with Crippen LogP contribution in [0.3, 0.4) is 0 Å². The first-order valence-corrected chi connectivity index (χ1v) is 4.68. The molecule has 0 spiro atoms. The van der Waals surface area contributed by atoms with Gasteiger partial charge >= 0.3 is 5.97 Å². The van der Waals surface area contributed by atoms with E-state index in [1.165, 1.54) is 7.11 Å². The Morgan fingerprint density at radius 1 is 1.31 bits per heavy atom. The molecule has 0 amide bonds. The van der Waals surface area contributed by atoms with E-state index in [4.69, 9.17) is 10.2 Å². The molecule has 5 nitrogen and oxygen atoms in total. The molecule has 0 radical (unpaired) electrons. The van der Waals surface area contributed by atoms with E-state index in [1.54, 1.807) is 30.3 Å². The lowest BCUT2D eigenvalue weighted by Crippen LogP contribution is -2.01. The zero-order valence-corrected chi connectivity index (χ0v) is 9.13. The summed E-state index contributed by atoms with van der Waals surface area (Å²) in [6.45, 7) is 0.678. The predicted octanol–water partition coefficient (Wildman–Crippen LogP) is 0.984. The fraction of sp³-hybridized carbons (Fsp3) is 0.364. The summed E-state index contributed by atoms with van der Waals surface area (Å²) in [5, 5.41) is 16.5. The number of aromatic carboxylic acids is 1. The largest absolute Gasteiger partial charge is 0.478 e. The second-order valence-corrected chi connectivity index (χ2v) is 2.71. The number of hydrogen-bond acceptors (Lipinski definition) is 4. The smallest absolute Gasteiger partial charge is 0.335 e. The normalized spacial score (nSPS) is 9.12. The Hall–Kier alpha value is -1.43. The number of aliphatic hydroxyl groups is 1. The molecule has 1 aromatic rings. The van der Waals surface area contributed by atoms with Crippen LogP contribution in [0.4, 0.5) is 0 Å². The highest BCUT2D eigenvalue weighted by Gasteiger charge is 1.96. The molecule has 0 aliphatic carbocycles. The van der Waals surface area contributed by atoms with Gasteiger partial charge in [-0.1, -0.05) is 18.2 Å². The fourth-order valence-electron chi connectivity index (χ4n) is 0.788. The van der Waals surface area contributed by atoms with Crippen LogP contribution in [0.15, 0.2) is 30.3 Å². The Labute approximate surface area is 94.2 Å². The van der Waals surface area contributed by atoms with Gasteiger partial charge in [0.05, 0.1) is 18.8 Å². The highest BCUT2D eigenvalue weighted by atomic mass is 16.7. The molecule has 0 saturated carbocycles. The molecule has 0 aromatic heterocycles. The third kappa shape index (κ3) is 7.93. The molecule has 0 unspecified atom stereocenters. The molecule has 5 heteroatoms. The van der Waals surface area contributed by atoms with Crippen LogP contribution in [0, 0.1) is 0 Å². The van der Waals surface area contributed by atoms with Crippen LogP contribution < -0.4 is 0 Å². The number of carboxylic acid groups (broad SMARTS) is 1. The summed E-state index contributed by atoms with van der Waals surface area (Å²) in [5.41, 5.74) is 0.331. The average molecular weight is 228 g/mol. The van der Waals surface area contributed by atoms with E-state index in [1.807, 2.05) is 0 Å². The fourth-order valence-corrected chi connectivity index (χ4v) is 0.788. The van der Waals surface area contributed by atoms with Crippen molar-refractivity contribution in [1.82, 2.24) is 0 Å². The first kappa shape index (κ1) is 14.6. The molecule has 1 aromatic carbocycles. The van der Waals surface area contributed by atoms with Crippen molar-refractivity contribution in [2.24, 2.45) is 0 Å². The summed E-state index contributed by atoms with van der Waals surface area (Å²) in [4.78, 5) is 10.2. The van der Waals surface area contributed by atoms with Gasteiger partial charge in [0.2, 0.25) is 0 Å². The number of rotatable bonds is 5. The van der Waals surface area contributed by atoms with Crippen molar-refractivity contribution < 1.29 is 24.5 Å². The van der Waals surface area contributed by atoms with E-state index in [0.29, 0.717) is 12.2 Å². The van der Waals surface area contributed by atoms with Crippen LogP contribution in [0.5, 0.6) is 0 Å². The second-order valence-electron chi connectivity index (χ2n) is 2.71. The predicted molar refractivity (Wildman–Crippen MR) is 58.3 cm³/mol. The van der Waals surface area contributed by atoms with Crippen molar-refractivity contribution >= 4 is 5.97 Å². The van der Waals surface area contributed by atoms with E-state index in [9.17, 15) is 4.79 Å². The molecule has 0 aliphatic rings. The van der Waals surface area contributed by atoms with Crippen molar-refractivity contribution in [2.45, 2.75) is 0 Å². The number of hydrogen-bond donors (Lipinski definition) is 2. The lowest BCUT2D eigenvalue weighted by molar-refractivity contribution is -0.0411. The van der Waals surface area contributed by atoms with Crippen LogP contribution >= 0.6 is 0 Å². The summed E-state index contributed by atoms with van der Waals surface area (Å²) in [7, 11) is 1.54. The highest BCUT2D eigenvalue weighted by Crippen LogP contribution is 1.96. The maximum Gasteiger partial charge on any atom is 0.335 e. The molecule has 2 N–H and O–H groups in total. The molecule has 0 bridgehead atoms. The first-order valence-electron chi connectivity index (χ1n) is 4.68. The van der Waals surface area contributed by atoms with E-state index in [0.717, 1.165) is 0 Å². The van der Waals surface area contributed by atoms with E-state index in [-0.39, 0.29) is 13.4 Å². The molecule has 0 atom stereocenters. The van der Waals surface area contributed by atoms with Crippen molar-refractivity contribution in [3.63, 3.8) is 0 Å². The van der Waals surface area contributed by atoms with Crippen LogP contribution in [-0.2, 0) is 9.47 Å². The maximum atomic E-state index is 10.2. The Kier molecular flexibility index (Phi) is 9.20. The molecule has 0 aliphatic heterocycles. The molecule has 1 rings (SSSR count).